The molecule has 2 heterocycles. The van der Waals surface area contributed by atoms with Crippen molar-refractivity contribution >= 4 is 23.2 Å². The fraction of sp³-hybridized carbons (Fsp3) is 0.130. The molecule has 0 fully saturated rings. The Morgan fingerprint density at radius 1 is 1.12 bits per heavy atom. The number of nitrogens with zero attached hydrogens (tertiary/aromatic N) is 3. The Kier molecular flexibility index (Phi) is 6.07. The average Bonchev–Trinajstić information content (AvgIpc) is 3.25. The number of ether oxygens (including phenoxy) is 1. The summed E-state index contributed by atoms with van der Waals surface area (Å²) in [5.74, 6) is -0.903. The van der Waals surface area contributed by atoms with E-state index in [1.807, 2.05) is 18.2 Å². The summed E-state index contributed by atoms with van der Waals surface area (Å²) in [5, 5.41) is 8.55. The third-order valence-electron chi connectivity index (χ3n) is 4.82. The van der Waals surface area contributed by atoms with Gasteiger partial charge >= 0.3 is 0 Å². The lowest BCUT2D eigenvalue weighted by molar-refractivity contribution is -0.119. The zero-order valence-corrected chi connectivity index (χ0v) is 16.9. The molecule has 4 rings (SSSR count). The van der Waals surface area contributed by atoms with Crippen LogP contribution in [0.4, 0.5) is 10.1 Å². The minimum absolute atomic E-state index is 0.0930. The summed E-state index contributed by atoms with van der Waals surface area (Å²) in [7, 11) is 0. The summed E-state index contributed by atoms with van der Waals surface area (Å²) in [6.07, 6.45) is 1.63. The predicted octanol–water partition coefficient (Wildman–Crippen LogP) is 2.75. The van der Waals surface area contributed by atoms with E-state index >= 15 is 0 Å². The van der Waals surface area contributed by atoms with Crippen molar-refractivity contribution in [2.24, 2.45) is 10.8 Å². The summed E-state index contributed by atoms with van der Waals surface area (Å²) >= 11 is 0. The van der Waals surface area contributed by atoms with Crippen LogP contribution in [0.15, 0.2) is 78.0 Å². The highest BCUT2D eigenvalue weighted by atomic mass is 19.1. The van der Waals surface area contributed by atoms with Crippen molar-refractivity contribution in [3.8, 4) is 11.6 Å². The van der Waals surface area contributed by atoms with Crippen molar-refractivity contribution in [3.05, 3.63) is 84.3 Å². The predicted molar refractivity (Wildman–Crippen MR) is 117 cm³/mol. The van der Waals surface area contributed by atoms with Gasteiger partial charge in [0.15, 0.2) is 0 Å². The lowest BCUT2D eigenvalue weighted by Gasteiger charge is -2.20. The Balaban J connectivity index is 1.47. The molecule has 1 aliphatic rings. The molecule has 2 amide bonds. The second-order valence-corrected chi connectivity index (χ2v) is 7.06. The highest BCUT2D eigenvalue weighted by Gasteiger charge is 2.34. The molecule has 9 heteroatoms. The number of benzene rings is 2. The molecule has 3 aromatic rings. The third-order valence-corrected chi connectivity index (χ3v) is 4.82. The van der Waals surface area contributed by atoms with Crippen molar-refractivity contribution in [3.63, 3.8) is 0 Å². The van der Waals surface area contributed by atoms with Gasteiger partial charge in [-0.3, -0.25) is 14.6 Å². The Labute approximate surface area is 183 Å². The molecule has 0 unspecified atom stereocenters. The van der Waals surface area contributed by atoms with E-state index in [0.717, 1.165) is 0 Å². The SMILES string of the molecule is NC(=O)[C@H]1CC(C(=O)NCc2cccnc2Oc2cccc(F)c2)=NN1c1ccccc1. The van der Waals surface area contributed by atoms with Gasteiger partial charge in [-0.05, 0) is 30.3 Å². The summed E-state index contributed by atoms with van der Waals surface area (Å²) in [4.78, 5) is 28.8. The van der Waals surface area contributed by atoms with E-state index in [2.05, 4.69) is 15.4 Å². The van der Waals surface area contributed by atoms with E-state index < -0.39 is 23.7 Å². The van der Waals surface area contributed by atoms with Gasteiger partial charge in [-0.15, -0.1) is 0 Å². The topological polar surface area (TPSA) is 110 Å². The molecule has 1 aliphatic heterocycles. The zero-order chi connectivity index (χ0) is 22.5. The first-order valence-corrected chi connectivity index (χ1v) is 9.88. The van der Waals surface area contributed by atoms with Crippen LogP contribution in [0.5, 0.6) is 11.6 Å². The van der Waals surface area contributed by atoms with E-state index in [9.17, 15) is 14.0 Å². The molecule has 0 aliphatic carbocycles. The number of hydrogen-bond donors (Lipinski definition) is 2. The lowest BCUT2D eigenvalue weighted by Crippen LogP contribution is -2.39. The smallest absolute Gasteiger partial charge is 0.267 e. The number of rotatable bonds is 7. The summed E-state index contributed by atoms with van der Waals surface area (Å²) < 4.78 is 19.1. The van der Waals surface area contributed by atoms with Crippen LogP contribution >= 0.6 is 0 Å². The van der Waals surface area contributed by atoms with Gasteiger partial charge in [0.05, 0.1) is 5.69 Å². The van der Waals surface area contributed by atoms with Crippen LogP contribution in [-0.2, 0) is 16.1 Å². The van der Waals surface area contributed by atoms with Crippen LogP contribution < -0.4 is 20.8 Å². The number of halogens is 1. The number of amides is 2. The molecule has 1 aromatic heterocycles. The molecule has 32 heavy (non-hydrogen) atoms. The first-order valence-electron chi connectivity index (χ1n) is 9.88. The van der Waals surface area contributed by atoms with Gasteiger partial charge in [0.25, 0.3) is 5.91 Å². The van der Waals surface area contributed by atoms with Crippen LogP contribution in [-0.4, -0.2) is 28.6 Å². The number of carbonyl (C=O) groups is 2. The third kappa shape index (κ3) is 4.72. The van der Waals surface area contributed by atoms with E-state index in [1.165, 1.54) is 29.4 Å². The van der Waals surface area contributed by atoms with Gasteiger partial charge in [0.1, 0.15) is 23.3 Å². The maximum atomic E-state index is 13.4. The number of aromatic nitrogens is 1. The molecule has 0 bridgehead atoms. The maximum absolute atomic E-state index is 13.4. The normalized spacial score (nSPS) is 15.2. The highest BCUT2D eigenvalue weighted by molar-refractivity contribution is 6.40. The summed E-state index contributed by atoms with van der Waals surface area (Å²) in [5.41, 5.74) is 6.97. The maximum Gasteiger partial charge on any atom is 0.267 e. The zero-order valence-electron chi connectivity index (χ0n) is 16.9. The fourth-order valence-electron chi connectivity index (χ4n) is 3.26. The Morgan fingerprint density at radius 3 is 2.69 bits per heavy atom. The van der Waals surface area contributed by atoms with Gasteiger partial charge in [-0.2, -0.15) is 5.10 Å². The van der Waals surface area contributed by atoms with Crippen molar-refractivity contribution < 1.29 is 18.7 Å². The van der Waals surface area contributed by atoms with Crippen LogP contribution in [0.25, 0.3) is 0 Å². The number of primary amides is 1. The summed E-state index contributed by atoms with van der Waals surface area (Å²) in [6, 6.07) is 17.4. The van der Waals surface area contributed by atoms with E-state index in [4.69, 9.17) is 10.5 Å². The molecular weight excluding hydrogens is 413 g/mol. The first kappa shape index (κ1) is 21.0. The molecule has 0 radical (unpaired) electrons. The molecule has 8 nitrogen and oxygen atoms in total. The van der Waals surface area contributed by atoms with Crippen LogP contribution in [0.2, 0.25) is 0 Å². The van der Waals surface area contributed by atoms with Crippen LogP contribution in [0.1, 0.15) is 12.0 Å². The standard InChI is InChI=1S/C23H20FN5O3/c24-16-7-4-10-18(12-16)32-23-15(6-5-11-26-23)14-27-22(31)19-13-20(21(25)30)29(28-19)17-8-2-1-3-9-17/h1-12,20H,13-14H2,(H2,25,30)(H,27,31)/t20-/m1/s1. The molecule has 0 saturated heterocycles. The van der Waals surface area contributed by atoms with E-state index in [0.29, 0.717) is 17.0 Å². The number of nitrogens with one attached hydrogen (secondary N) is 1. The van der Waals surface area contributed by atoms with Crippen LogP contribution in [0.3, 0.4) is 0 Å². The van der Waals surface area contributed by atoms with Crippen molar-refractivity contribution in [2.45, 2.75) is 19.0 Å². The monoisotopic (exact) mass is 433 g/mol. The number of anilines is 1. The number of hydrogen-bond acceptors (Lipinski definition) is 6. The van der Waals surface area contributed by atoms with E-state index in [1.54, 1.807) is 30.3 Å². The summed E-state index contributed by atoms with van der Waals surface area (Å²) in [6.45, 7) is 0.100. The minimum atomic E-state index is -0.747. The average molecular weight is 433 g/mol. The van der Waals surface area contributed by atoms with Crippen molar-refractivity contribution in [2.75, 3.05) is 5.01 Å². The van der Waals surface area contributed by atoms with Gasteiger partial charge in [-0.1, -0.05) is 30.3 Å². The van der Waals surface area contributed by atoms with Gasteiger partial charge in [0.2, 0.25) is 11.8 Å². The van der Waals surface area contributed by atoms with Crippen LogP contribution in [0, 0.1) is 5.82 Å². The molecule has 2 aromatic carbocycles. The minimum Gasteiger partial charge on any atom is -0.439 e. The fourth-order valence-corrected chi connectivity index (χ4v) is 3.26. The molecule has 0 saturated carbocycles. The molecular formula is C23H20FN5O3. The Bertz CT molecular complexity index is 1170. The quantitative estimate of drug-likeness (QED) is 0.595. The molecule has 162 valence electrons. The molecule has 1 atom stereocenters. The van der Waals surface area contributed by atoms with E-state index in [-0.39, 0.29) is 24.6 Å². The second-order valence-electron chi connectivity index (χ2n) is 7.06. The van der Waals surface area contributed by atoms with Gasteiger partial charge < -0.3 is 15.8 Å². The Hall–Kier alpha value is -4.27. The number of para-hydroxylation sites is 1. The number of nitrogens with two attached hydrogens (primary N) is 1. The van der Waals surface area contributed by atoms with Gasteiger partial charge in [0, 0.05) is 30.8 Å². The molecule has 0 spiro atoms. The number of hydrazone groups is 1. The largest absolute Gasteiger partial charge is 0.439 e. The number of carbonyl (C=O) groups excluding carboxylic acids is 2. The highest BCUT2D eigenvalue weighted by Crippen LogP contribution is 2.25. The van der Waals surface area contributed by atoms with Crippen molar-refractivity contribution in [1.29, 1.82) is 0 Å². The number of pyridine rings is 1. The second kappa shape index (κ2) is 9.25. The Morgan fingerprint density at radius 2 is 1.94 bits per heavy atom. The lowest BCUT2D eigenvalue weighted by atomic mass is 10.1. The van der Waals surface area contributed by atoms with Gasteiger partial charge in [-0.25, -0.2) is 9.37 Å². The first-order chi connectivity index (χ1) is 15.5. The van der Waals surface area contributed by atoms with Crippen molar-refractivity contribution in [1.82, 2.24) is 10.3 Å². The molecule has 3 N–H and O–H groups in total.